The van der Waals surface area contributed by atoms with E-state index in [-0.39, 0.29) is 11.1 Å². The average molecular weight is 176 g/mol. The molecular weight excluding hydrogens is 168 g/mol. The molecule has 4 heteroatoms. The number of aromatic carboxylic acids is 1. The van der Waals surface area contributed by atoms with Crippen LogP contribution in [0.3, 0.4) is 0 Å². The standard InChI is InChI=1S/C9H8N2O2/c1-5-6(2)11-4-7(3-10)8(5)9(12)13/h4H,1-2H3,(H,12,13). The van der Waals surface area contributed by atoms with Crippen LogP contribution in [-0.4, -0.2) is 16.1 Å². The Hall–Kier alpha value is -1.89. The van der Waals surface area contributed by atoms with E-state index in [4.69, 9.17) is 10.4 Å². The van der Waals surface area contributed by atoms with Crippen LogP contribution in [0.15, 0.2) is 6.20 Å². The Morgan fingerprint density at radius 3 is 2.69 bits per heavy atom. The van der Waals surface area contributed by atoms with Gasteiger partial charge >= 0.3 is 5.97 Å². The Balaban J connectivity index is 3.53. The zero-order valence-corrected chi connectivity index (χ0v) is 7.33. The van der Waals surface area contributed by atoms with Crippen LogP contribution < -0.4 is 0 Å². The molecule has 0 fully saturated rings. The van der Waals surface area contributed by atoms with Crippen LogP contribution in [0.4, 0.5) is 0 Å². The zero-order valence-electron chi connectivity index (χ0n) is 7.33. The maximum atomic E-state index is 10.8. The number of carbonyl (C=O) groups is 1. The number of rotatable bonds is 1. The molecule has 0 saturated carbocycles. The number of carboxylic acids is 1. The van der Waals surface area contributed by atoms with Gasteiger partial charge in [0.2, 0.25) is 0 Å². The molecule has 0 atom stereocenters. The second-order valence-corrected chi connectivity index (χ2v) is 2.67. The summed E-state index contributed by atoms with van der Waals surface area (Å²) in [5, 5.41) is 17.5. The largest absolute Gasteiger partial charge is 0.478 e. The summed E-state index contributed by atoms with van der Waals surface area (Å²) in [4.78, 5) is 14.7. The predicted molar refractivity (Wildman–Crippen MR) is 45.4 cm³/mol. The molecule has 0 spiro atoms. The maximum Gasteiger partial charge on any atom is 0.337 e. The highest BCUT2D eigenvalue weighted by Gasteiger charge is 2.14. The number of nitrogens with zero attached hydrogens (tertiary/aromatic N) is 2. The van der Waals surface area contributed by atoms with Crippen molar-refractivity contribution in [3.8, 4) is 6.07 Å². The van der Waals surface area contributed by atoms with Crippen LogP contribution in [0, 0.1) is 25.2 Å². The van der Waals surface area contributed by atoms with E-state index in [9.17, 15) is 4.79 Å². The average Bonchev–Trinajstić information content (AvgIpc) is 2.08. The van der Waals surface area contributed by atoms with E-state index in [1.165, 1.54) is 6.20 Å². The van der Waals surface area contributed by atoms with Crippen molar-refractivity contribution in [2.24, 2.45) is 0 Å². The lowest BCUT2D eigenvalue weighted by molar-refractivity contribution is 0.0695. The Labute approximate surface area is 75.5 Å². The predicted octanol–water partition coefficient (Wildman–Crippen LogP) is 1.27. The normalized spacial score (nSPS) is 9.31. The van der Waals surface area contributed by atoms with Crippen molar-refractivity contribution in [2.75, 3.05) is 0 Å². The van der Waals surface area contributed by atoms with Crippen LogP contribution >= 0.6 is 0 Å². The lowest BCUT2D eigenvalue weighted by Gasteiger charge is -2.04. The smallest absolute Gasteiger partial charge is 0.337 e. The summed E-state index contributed by atoms with van der Waals surface area (Å²) in [6, 6.07) is 1.80. The Bertz CT molecular complexity index is 405. The molecule has 1 N–H and O–H groups in total. The Kier molecular flexibility index (Phi) is 2.29. The number of pyridine rings is 1. The van der Waals surface area contributed by atoms with Gasteiger partial charge in [-0.25, -0.2) is 4.79 Å². The first-order valence-electron chi connectivity index (χ1n) is 3.67. The van der Waals surface area contributed by atoms with Crippen molar-refractivity contribution in [1.29, 1.82) is 5.26 Å². The third kappa shape index (κ3) is 1.49. The second kappa shape index (κ2) is 3.23. The molecule has 0 bridgehead atoms. The summed E-state index contributed by atoms with van der Waals surface area (Å²) in [6.07, 6.45) is 1.28. The van der Waals surface area contributed by atoms with E-state index in [0.717, 1.165) is 0 Å². The van der Waals surface area contributed by atoms with Crippen LogP contribution in [0.25, 0.3) is 0 Å². The van der Waals surface area contributed by atoms with Crippen molar-refractivity contribution in [3.63, 3.8) is 0 Å². The summed E-state index contributed by atoms with van der Waals surface area (Å²) < 4.78 is 0. The molecule has 0 saturated heterocycles. The molecule has 1 heterocycles. The first-order chi connectivity index (χ1) is 6.07. The van der Waals surface area contributed by atoms with Gasteiger partial charge in [-0.15, -0.1) is 0 Å². The molecule has 1 aromatic heterocycles. The highest BCUT2D eigenvalue weighted by Crippen LogP contribution is 2.14. The van der Waals surface area contributed by atoms with Crippen molar-refractivity contribution in [1.82, 2.24) is 4.98 Å². The highest BCUT2D eigenvalue weighted by atomic mass is 16.4. The monoisotopic (exact) mass is 176 g/mol. The topological polar surface area (TPSA) is 74.0 Å². The highest BCUT2D eigenvalue weighted by molar-refractivity contribution is 5.92. The fourth-order valence-electron chi connectivity index (χ4n) is 1.07. The minimum atomic E-state index is -1.08. The van der Waals surface area contributed by atoms with Crippen molar-refractivity contribution >= 4 is 5.97 Å². The third-order valence-corrected chi connectivity index (χ3v) is 1.91. The summed E-state index contributed by atoms with van der Waals surface area (Å²) in [7, 11) is 0. The lowest BCUT2D eigenvalue weighted by Crippen LogP contribution is -2.06. The van der Waals surface area contributed by atoms with Crippen LogP contribution in [0.5, 0.6) is 0 Å². The van der Waals surface area contributed by atoms with Crippen molar-refractivity contribution in [2.45, 2.75) is 13.8 Å². The zero-order chi connectivity index (χ0) is 10.0. The first-order valence-corrected chi connectivity index (χ1v) is 3.67. The molecule has 13 heavy (non-hydrogen) atoms. The first kappa shape index (κ1) is 9.20. The van der Waals surface area contributed by atoms with E-state index < -0.39 is 5.97 Å². The van der Waals surface area contributed by atoms with Gasteiger partial charge in [-0.3, -0.25) is 4.98 Å². The van der Waals surface area contributed by atoms with E-state index in [0.29, 0.717) is 11.3 Å². The SMILES string of the molecule is Cc1ncc(C#N)c(C(=O)O)c1C. The minimum Gasteiger partial charge on any atom is -0.478 e. The fraction of sp³-hybridized carbons (Fsp3) is 0.222. The van der Waals surface area contributed by atoms with Gasteiger partial charge in [0.25, 0.3) is 0 Å². The van der Waals surface area contributed by atoms with Gasteiger partial charge in [0, 0.05) is 11.9 Å². The van der Waals surface area contributed by atoms with Crippen LogP contribution in [-0.2, 0) is 0 Å². The minimum absolute atomic E-state index is 0.0509. The molecule has 1 aromatic rings. The van der Waals surface area contributed by atoms with Crippen molar-refractivity contribution < 1.29 is 9.90 Å². The third-order valence-electron chi connectivity index (χ3n) is 1.91. The molecule has 0 unspecified atom stereocenters. The van der Waals surface area contributed by atoms with Gasteiger partial charge < -0.3 is 5.11 Å². The number of hydrogen-bond donors (Lipinski definition) is 1. The molecule has 4 nitrogen and oxygen atoms in total. The van der Waals surface area contributed by atoms with Gasteiger partial charge in [-0.05, 0) is 19.4 Å². The summed E-state index contributed by atoms with van der Waals surface area (Å²) in [6.45, 7) is 3.36. The van der Waals surface area contributed by atoms with Crippen molar-refractivity contribution in [3.05, 3.63) is 28.6 Å². The quantitative estimate of drug-likeness (QED) is 0.699. The van der Waals surface area contributed by atoms with Crippen LogP contribution in [0.2, 0.25) is 0 Å². The van der Waals surface area contributed by atoms with E-state index in [2.05, 4.69) is 4.98 Å². The van der Waals surface area contributed by atoms with E-state index in [1.807, 2.05) is 0 Å². The molecule has 0 aliphatic carbocycles. The van der Waals surface area contributed by atoms with Gasteiger partial charge in [-0.1, -0.05) is 0 Å². The number of aromatic nitrogens is 1. The van der Waals surface area contributed by atoms with E-state index in [1.54, 1.807) is 19.9 Å². The lowest BCUT2D eigenvalue weighted by atomic mass is 10.0. The molecule has 66 valence electrons. The summed E-state index contributed by atoms with van der Waals surface area (Å²) >= 11 is 0. The van der Waals surface area contributed by atoms with Gasteiger partial charge in [-0.2, -0.15) is 5.26 Å². The van der Waals surface area contributed by atoms with E-state index >= 15 is 0 Å². The number of hydrogen-bond acceptors (Lipinski definition) is 3. The number of aryl methyl sites for hydroxylation is 1. The number of carboxylic acid groups (broad SMARTS) is 1. The molecule has 0 amide bonds. The Morgan fingerprint density at radius 2 is 2.23 bits per heavy atom. The van der Waals surface area contributed by atoms with Gasteiger partial charge in [0.05, 0.1) is 11.1 Å². The molecule has 1 rings (SSSR count). The summed E-state index contributed by atoms with van der Waals surface area (Å²) in [5.41, 5.74) is 1.34. The molecule has 0 aliphatic rings. The van der Waals surface area contributed by atoms with Crippen LogP contribution in [0.1, 0.15) is 27.2 Å². The number of nitriles is 1. The maximum absolute atomic E-state index is 10.8. The van der Waals surface area contributed by atoms with Gasteiger partial charge in [0.1, 0.15) is 6.07 Å². The summed E-state index contributed by atoms with van der Waals surface area (Å²) in [5.74, 6) is -1.08. The van der Waals surface area contributed by atoms with Gasteiger partial charge in [0.15, 0.2) is 0 Å². The Morgan fingerprint density at radius 1 is 1.62 bits per heavy atom. The molecule has 0 aliphatic heterocycles. The fourth-order valence-corrected chi connectivity index (χ4v) is 1.07. The molecule has 0 radical (unpaired) electrons. The molecule has 0 aromatic carbocycles. The second-order valence-electron chi connectivity index (χ2n) is 2.67. The molecular formula is C9H8N2O2.